The predicted octanol–water partition coefficient (Wildman–Crippen LogP) is 4.79. The molecule has 3 aromatic rings. The summed E-state index contributed by atoms with van der Waals surface area (Å²) in [4.78, 5) is 41.2. The Kier molecular flexibility index (Phi) is 7.81. The van der Waals surface area contributed by atoms with Gasteiger partial charge < -0.3 is 25.5 Å². The summed E-state index contributed by atoms with van der Waals surface area (Å²) in [6.45, 7) is 3.13. The van der Waals surface area contributed by atoms with Crippen LogP contribution in [-0.2, 0) is 16.0 Å². The van der Waals surface area contributed by atoms with Crippen molar-refractivity contribution < 1.29 is 19.5 Å². The number of carbonyl (C=O) groups excluding carboxylic acids is 2. The average molecular weight is 589 g/mol. The number of halogens is 1. The normalized spacial score (nSPS) is 16.5. The number of carboxylic acid groups (broad SMARTS) is 1. The molecule has 1 fully saturated rings. The number of likely N-dealkylation sites (N-methyl/N-ethyl adjacent to an activating group) is 1. The van der Waals surface area contributed by atoms with Crippen molar-refractivity contribution in [3.8, 4) is 0 Å². The zero-order valence-corrected chi connectivity index (χ0v) is 23.1. The Morgan fingerprint density at radius 3 is 2.28 bits per heavy atom. The molecule has 5 rings (SSSR count). The van der Waals surface area contributed by atoms with E-state index in [0.29, 0.717) is 36.3 Å². The third-order valence-electron chi connectivity index (χ3n) is 7.04. The van der Waals surface area contributed by atoms with Gasteiger partial charge in [0.2, 0.25) is 0 Å². The van der Waals surface area contributed by atoms with Gasteiger partial charge in [0.15, 0.2) is 0 Å². The molecule has 3 aromatic carbocycles. The molecule has 2 heterocycles. The summed E-state index contributed by atoms with van der Waals surface area (Å²) in [7, 11) is 2.06. The van der Waals surface area contributed by atoms with Crippen molar-refractivity contribution in [3.05, 3.63) is 93.5 Å². The van der Waals surface area contributed by atoms with Crippen molar-refractivity contribution in [2.24, 2.45) is 0 Å². The van der Waals surface area contributed by atoms with Gasteiger partial charge in [0.05, 0.1) is 17.0 Å². The van der Waals surface area contributed by atoms with Gasteiger partial charge in [-0.1, -0.05) is 46.3 Å². The number of nitrogens with zero attached hydrogens (tertiary/aromatic N) is 2. The fourth-order valence-corrected chi connectivity index (χ4v) is 5.16. The zero-order valence-electron chi connectivity index (χ0n) is 21.5. The molecule has 0 spiro atoms. The standard InChI is InChI=1S/C30H29BrN4O4/c1-34-14-16-35(17-15-34)30(39)21-7-10-23(11-8-21)32-28(20-5-2-19(3-6-20)4-13-26(36)37)27-24-12-9-22(31)18-25(24)33-29(27)38/h2-3,5-12,18,32H,4,13-17H2,1H3,(H,33,38)(H,36,37). The number of anilines is 2. The molecule has 8 nitrogen and oxygen atoms in total. The maximum Gasteiger partial charge on any atom is 0.303 e. The minimum absolute atomic E-state index is 0.0138. The van der Waals surface area contributed by atoms with Crippen LogP contribution in [0.25, 0.3) is 11.3 Å². The van der Waals surface area contributed by atoms with Crippen molar-refractivity contribution in [2.45, 2.75) is 12.8 Å². The number of nitrogens with one attached hydrogen (secondary N) is 2. The van der Waals surface area contributed by atoms with Crippen LogP contribution in [0.5, 0.6) is 0 Å². The lowest BCUT2D eigenvalue weighted by atomic mass is 9.98. The Labute approximate surface area is 235 Å². The first-order chi connectivity index (χ1) is 18.8. The van der Waals surface area contributed by atoms with E-state index < -0.39 is 5.97 Å². The molecule has 1 saturated heterocycles. The van der Waals surface area contributed by atoms with E-state index in [4.69, 9.17) is 5.11 Å². The van der Waals surface area contributed by atoms with Gasteiger partial charge in [-0.3, -0.25) is 14.4 Å². The van der Waals surface area contributed by atoms with E-state index in [2.05, 4.69) is 38.5 Å². The molecule has 0 bridgehead atoms. The van der Waals surface area contributed by atoms with Crippen LogP contribution in [0.15, 0.2) is 71.2 Å². The molecule has 0 radical (unpaired) electrons. The van der Waals surface area contributed by atoms with Crippen LogP contribution in [0.3, 0.4) is 0 Å². The SMILES string of the molecule is CN1CCN(C(=O)c2ccc(NC(=C3C(=O)Nc4cc(Br)ccc43)c3ccc(CCC(=O)O)cc3)cc2)CC1. The lowest BCUT2D eigenvalue weighted by molar-refractivity contribution is -0.137. The van der Waals surface area contributed by atoms with Crippen molar-refractivity contribution in [3.63, 3.8) is 0 Å². The third-order valence-corrected chi connectivity index (χ3v) is 7.53. The maximum atomic E-state index is 13.2. The lowest BCUT2D eigenvalue weighted by Gasteiger charge is -2.32. The van der Waals surface area contributed by atoms with Crippen LogP contribution in [0.1, 0.15) is 33.5 Å². The molecule has 3 N–H and O–H groups in total. The first-order valence-electron chi connectivity index (χ1n) is 12.8. The molecule has 0 unspecified atom stereocenters. The lowest BCUT2D eigenvalue weighted by Crippen LogP contribution is -2.47. The minimum atomic E-state index is -0.844. The van der Waals surface area contributed by atoms with E-state index in [0.717, 1.165) is 45.6 Å². The first-order valence-corrected chi connectivity index (χ1v) is 13.6. The van der Waals surface area contributed by atoms with E-state index in [1.807, 2.05) is 59.5 Å². The summed E-state index contributed by atoms with van der Waals surface area (Å²) in [5.41, 5.74) is 5.67. The monoisotopic (exact) mass is 588 g/mol. The largest absolute Gasteiger partial charge is 0.481 e. The van der Waals surface area contributed by atoms with E-state index in [1.165, 1.54) is 0 Å². The Hall–Kier alpha value is -3.95. The van der Waals surface area contributed by atoms with E-state index in [-0.39, 0.29) is 18.2 Å². The molecular weight excluding hydrogens is 560 g/mol. The summed E-state index contributed by atoms with van der Waals surface area (Å²) in [6.07, 6.45) is 0.477. The van der Waals surface area contributed by atoms with Gasteiger partial charge in [-0.2, -0.15) is 0 Å². The maximum absolute atomic E-state index is 13.2. The molecule has 2 aliphatic heterocycles. The number of rotatable bonds is 7. The third kappa shape index (κ3) is 6.05. The average Bonchev–Trinajstić information content (AvgIpc) is 3.25. The Balaban J connectivity index is 1.46. The molecule has 2 amide bonds. The van der Waals surface area contributed by atoms with Gasteiger partial charge in [0.25, 0.3) is 11.8 Å². The number of fused-ring (bicyclic) bond motifs is 1. The number of piperazine rings is 1. The highest BCUT2D eigenvalue weighted by Gasteiger charge is 2.29. The van der Waals surface area contributed by atoms with Crippen LogP contribution in [0.4, 0.5) is 11.4 Å². The number of benzene rings is 3. The number of carboxylic acids is 1. The van der Waals surface area contributed by atoms with E-state index in [9.17, 15) is 14.4 Å². The van der Waals surface area contributed by atoms with Crippen LogP contribution >= 0.6 is 15.9 Å². The van der Waals surface area contributed by atoms with Gasteiger partial charge in [0.1, 0.15) is 0 Å². The second-order valence-electron chi connectivity index (χ2n) is 9.78. The summed E-state index contributed by atoms with van der Waals surface area (Å²) < 4.78 is 0.862. The molecule has 0 atom stereocenters. The topological polar surface area (TPSA) is 102 Å². The van der Waals surface area contributed by atoms with Crippen molar-refractivity contribution >= 4 is 56.4 Å². The number of hydrogen-bond acceptors (Lipinski definition) is 5. The zero-order chi connectivity index (χ0) is 27.5. The molecule has 9 heteroatoms. The number of carbonyl (C=O) groups is 3. The highest BCUT2D eigenvalue weighted by molar-refractivity contribution is 9.10. The van der Waals surface area contributed by atoms with Gasteiger partial charge >= 0.3 is 5.97 Å². The molecule has 2 aliphatic rings. The van der Waals surface area contributed by atoms with Crippen LogP contribution in [0.2, 0.25) is 0 Å². The quantitative estimate of drug-likeness (QED) is 0.343. The predicted molar refractivity (Wildman–Crippen MR) is 155 cm³/mol. The summed E-state index contributed by atoms with van der Waals surface area (Å²) in [5, 5.41) is 15.4. The second kappa shape index (κ2) is 11.4. The first kappa shape index (κ1) is 26.6. The summed E-state index contributed by atoms with van der Waals surface area (Å²) >= 11 is 3.47. The van der Waals surface area contributed by atoms with Crippen molar-refractivity contribution in [1.29, 1.82) is 0 Å². The molecule has 0 aromatic heterocycles. The van der Waals surface area contributed by atoms with Crippen LogP contribution in [0, 0.1) is 0 Å². The highest BCUT2D eigenvalue weighted by atomic mass is 79.9. The number of aliphatic carboxylic acids is 1. The van der Waals surface area contributed by atoms with E-state index >= 15 is 0 Å². The molecular formula is C30H29BrN4O4. The number of hydrogen-bond donors (Lipinski definition) is 3. The smallest absolute Gasteiger partial charge is 0.303 e. The summed E-state index contributed by atoms with van der Waals surface area (Å²) in [6, 6.07) is 20.5. The second-order valence-corrected chi connectivity index (χ2v) is 10.7. The van der Waals surface area contributed by atoms with E-state index in [1.54, 1.807) is 12.1 Å². The fraction of sp³-hybridized carbons (Fsp3) is 0.233. The Bertz CT molecular complexity index is 1440. The van der Waals surface area contributed by atoms with Crippen molar-refractivity contribution in [1.82, 2.24) is 9.80 Å². The molecule has 0 saturated carbocycles. The Morgan fingerprint density at radius 1 is 0.949 bits per heavy atom. The van der Waals surface area contributed by atoms with Crippen LogP contribution < -0.4 is 10.6 Å². The van der Waals surface area contributed by atoms with Gasteiger partial charge in [0, 0.05) is 53.9 Å². The highest BCUT2D eigenvalue weighted by Crippen LogP contribution is 2.39. The Morgan fingerprint density at radius 2 is 1.62 bits per heavy atom. The summed E-state index contributed by atoms with van der Waals surface area (Å²) in [5.74, 6) is -1.05. The van der Waals surface area contributed by atoms with Gasteiger partial charge in [-0.25, -0.2) is 0 Å². The minimum Gasteiger partial charge on any atom is -0.481 e. The fourth-order valence-electron chi connectivity index (χ4n) is 4.79. The van der Waals surface area contributed by atoms with Gasteiger partial charge in [-0.15, -0.1) is 0 Å². The van der Waals surface area contributed by atoms with Gasteiger partial charge in [-0.05, 0) is 61.0 Å². The van der Waals surface area contributed by atoms with Crippen molar-refractivity contribution in [2.75, 3.05) is 43.9 Å². The van der Waals surface area contributed by atoms with Crippen LogP contribution in [-0.4, -0.2) is 65.9 Å². The molecule has 0 aliphatic carbocycles. The number of aryl methyl sites for hydroxylation is 1. The number of amides is 2. The molecule has 200 valence electrons. The molecule has 39 heavy (non-hydrogen) atoms.